The summed E-state index contributed by atoms with van der Waals surface area (Å²) in [5.74, 6) is 0.219. The summed E-state index contributed by atoms with van der Waals surface area (Å²) in [6, 6.07) is 7.86. The third kappa shape index (κ3) is 2.67. The molecule has 1 aromatic carbocycles. The van der Waals surface area contributed by atoms with E-state index in [1.54, 1.807) is 4.90 Å². The van der Waals surface area contributed by atoms with Crippen LogP contribution >= 0.6 is 0 Å². The Kier molecular flexibility index (Phi) is 3.95. The van der Waals surface area contributed by atoms with Gasteiger partial charge < -0.3 is 9.80 Å². The maximum absolute atomic E-state index is 12.9. The maximum Gasteiger partial charge on any atom is 0.249 e. The summed E-state index contributed by atoms with van der Waals surface area (Å²) >= 11 is 0. The SMILES string of the molecule is CCc1cccc(N2CCC(=O)N3CCCCC3C2=O)c1. The van der Waals surface area contributed by atoms with Crippen molar-refractivity contribution in [2.24, 2.45) is 0 Å². The summed E-state index contributed by atoms with van der Waals surface area (Å²) in [6.07, 6.45) is 4.22. The molecule has 21 heavy (non-hydrogen) atoms. The third-order valence-corrected chi connectivity index (χ3v) is 4.55. The molecule has 2 aliphatic rings. The third-order valence-electron chi connectivity index (χ3n) is 4.55. The van der Waals surface area contributed by atoms with E-state index in [9.17, 15) is 9.59 Å². The molecule has 2 heterocycles. The summed E-state index contributed by atoms with van der Waals surface area (Å²) in [4.78, 5) is 28.7. The topological polar surface area (TPSA) is 40.6 Å². The van der Waals surface area contributed by atoms with Crippen molar-refractivity contribution in [2.75, 3.05) is 18.0 Å². The van der Waals surface area contributed by atoms with Gasteiger partial charge in [0.25, 0.3) is 0 Å². The average Bonchev–Trinajstić information content (AvgIpc) is 2.66. The van der Waals surface area contributed by atoms with Crippen molar-refractivity contribution < 1.29 is 9.59 Å². The van der Waals surface area contributed by atoms with Gasteiger partial charge in [-0.3, -0.25) is 9.59 Å². The van der Waals surface area contributed by atoms with E-state index in [2.05, 4.69) is 19.1 Å². The highest BCUT2D eigenvalue weighted by Crippen LogP contribution is 2.26. The molecule has 0 aliphatic carbocycles. The Morgan fingerprint density at radius 1 is 1.19 bits per heavy atom. The Labute approximate surface area is 125 Å². The number of fused-ring (bicyclic) bond motifs is 1. The highest BCUT2D eigenvalue weighted by atomic mass is 16.2. The summed E-state index contributed by atoms with van der Waals surface area (Å²) in [5.41, 5.74) is 2.15. The number of rotatable bonds is 2. The van der Waals surface area contributed by atoms with E-state index in [0.29, 0.717) is 13.0 Å². The summed E-state index contributed by atoms with van der Waals surface area (Å²) in [6.45, 7) is 3.34. The molecule has 2 aliphatic heterocycles. The number of hydrogen-bond acceptors (Lipinski definition) is 2. The Balaban J connectivity index is 1.91. The minimum Gasteiger partial charge on any atom is -0.331 e. The predicted octanol–water partition coefficient (Wildman–Crippen LogP) is 2.37. The van der Waals surface area contributed by atoms with Crippen molar-refractivity contribution in [3.63, 3.8) is 0 Å². The molecule has 0 spiro atoms. The first-order valence-corrected chi connectivity index (χ1v) is 7.90. The largest absolute Gasteiger partial charge is 0.331 e. The van der Waals surface area contributed by atoms with Gasteiger partial charge in [-0.25, -0.2) is 0 Å². The molecule has 4 nitrogen and oxygen atoms in total. The molecule has 0 radical (unpaired) electrons. The van der Waals surface area contributed by atoms with Crippen LogP contribution in [0.3, 0.4) is 0 Å². The lowest BCUT2D eigenvalue weighted by Gasteiger charge is -2.34. The van der Waals surface area contributed by atoms with E-state index in [1.165, 1.54) is 5.56 Å². The normalized spacial score (nSPS) is 23.0. The van der Waals surface area contributed by atoms with Crippen molar-refractivity contribution in [2.45, 2.75) is 45.1 Å². The molecule has 0 aromatic heterocycles. The fraction of sp³-hybridized carbons (Fsp3) is 0.529. The van der Waals surface area contributed by atoms with E-state index in [1.807, 2.05) is 17.0 Å². The molecular weight excluding hydrogens is 264 g/mol. The molecule has 0 bridgehead atoms. The van der Waals surface area contributed by atoms with Crippen LogP contribution in [0.2, 0.25) is 0 Å². The maximum atomic E-state index is 12.9. The molecule has 2 amide bonds. The van der Waals surface area contributed by atoms with Crippen molar-refractivity contribution >= 4 is 17.5 Å². The van der Waals surface area contributed by atoms with Gasteiger partial charge in [0.1, 0.15) is 6.04 Å². The highest BCUT2D eigenvalue weighted by Gasteiger charge is 2.38. The van der Waals surface area contributed by atoms with E-state index in [4.69, 9.17) is 0 Å². The first-order chi connectivity index (χ1) is 10.2. The number of hydrogen-bond donors (Lipinski definition) is 0. The van der Waals surface area contributed by atoms with Crippen LogP contribution in [0.5, 0.6) is 0 Å². The molecule has 1 aromatic rings. The van der Waals surface area contributed by atoms with E-state index < -0.39 is 0 Å². The quantitative estimate of drug-likeness (QED) is 0.837. The van der Waals surface area contributed by atoms with Crippen molar-refractivity contribution in [3.8, 4) is 0 Å². The van der Waals surface area contributed by atoms with Gasteiger partial charge in [-0.15, -0.1) is 0 Å². The first kappa shape index (κ1) is 14.1. The lowest BCUT2D eigenvalue weighted by Crippen LogP contribution is -2.49. The minimum atomic E-state index is -0.251. The van der Waals surface area contributed by atoms with E-state index >= 15 is 0 Å². The van der Waals surface area contributed by atoms with E-state index in [0.717, 1.165) is 37.9 Å². The van der Waals surface area contributed by atoms with Gasteiger partial charge in [0, 0.05) is 25.2 Å². The fourth-order valence-electron chi connectivity index (χ4n) is 3.33. The number of benzene rings is 1. The van der Waals surface area contributed by atoms with Crippen LogP contribution < -0.4 is 4.90 Å². The predicted molar refractivity (Wildman–Crippen MR) is 82.1 cm³/mol. The molecule has 0 N–H and O–H groups in total. The lowest BCUT2D eigenvalue weighted by atomic mass is 10.0. The Bertz CT molecular complexity index is 555. The molecule has 112 valence electrons. The monoisotopic (exact) mass is 286 g/mol. The average molecular weight is 286 g/mol. The zero-order chi connectivity index (χ0) is 14.8. The van der Waals surface area contributed by atoms with Crippen molar-refractivity contribution in [1.29, 1.82) is 0 Å². The standard InChI is InChI=1S/C17H22N2O2/c1-2-13-6-5-7-14(12-13)18-11-9-16(20)19-10-4-3-8-15(19)17(18)21/h5-7,12,15H,2-4,8-11H2,1H3. The minimum absolute atomic E-state index is 0.0915. The smallest absolute Gasteiger partial charge is 0.249 e. The molecule has 1 unspecified atom stereocenters. The van der Waals surface area contributed by atoms with Crippen LogP contribution in [0.25, 0.3) is 0 Å². The Morgan fingerprint density at radius 2 is 2.05 bits per heavy atom. The number of piperidine rings is 1. The zero-order valence-corrected chi connectivity index (χ0v) is 12.5. The van der Waals surface area contributed by atoms with Crippen LogP contribution in [-0.2, 0) is 16.0 Å². The molecule has 2 saturated heterocycles. The molecular formula is C17H22N2O2. The van der Waals surface area contributed by atoms with Crippen LogP contribution in [0.4, 0.5) is 5.69 Å². The molecule has 0 saturated carbocycles. The second kappa shape index (κ2) is 5.88. The Hall–Kier alpha value is -1.84. The zero-order valence-electron chi connectivity index (χ0n) is 12.5. The molecule has 4 heteroatoms. The fourth-order valence-corrected chi connectivity index (χ4v) is 3.33. The van der Waals surface area contributed by atoms with Crippen molar-refractivity contribution in [3.05, 3.63) is 29.8 Å². The van der Waals surface area contributed by atoms with Crippen molar-refractivity contribution in [1.82, 2.24) is 4.90 Å². The van der Waals surface area contributed by atoms with Gasteiger partial charge >= 0.3 is 0 Å². The highest BCUT2D eigenvalue weighted by molar-refractivity contribution is 6.01. The van der Waals surface area contributed by atoms with Gasteiger partial charge in [0.05, 0.1) is 0 Å². The Morgan fingerprint density at radius 3 is 2.86 bits per heavy atom. The molecule has 1 atom stereocenters. The second-order valence-electron chi connectivity index (χ2n) is 5.86. The summed E-state index contributed by atoms with van der Waals surface area (Å²) < 4.78 is 0. The van der Waals surface area contributed by atoms with Gasteiger partial charge in [-0.05, 0) is 43.4 Å². The number of anilines is 1. The van der Waals surface area contributed by atoms with Gasteiger partial charge in [0.15, 0.2) is 0 Å². The van der Waals surface area contributed by atoms with Crippen LogP contribution in [0.15, 0.2) is 24.3 Å². The van der Waals surface area contributed by atoms with Crippen LogP contribution in [0, 0.1) is 0 Å². The van der Waals surface area contributed by atoms with E-state index in [-0.39, 0.29) is 17.9 Å². The lowest BCUT2D eigenvalue weighted by molar-refractivity contribution is -0.138. The number of amides is 2. The van der Waals surface area contributed by atoms with Gasteiger partial charge in [-0.1, -0.05) is 19.1 Å². The van der Waals surface area contributed by atoms with Crippen LogP contribution in [0.1, 0.15) is 38.2 Å². The summed E-state index contributed by atoms with van der Waals surface area (Å²) in [5, 5.41) is 0. The molecule has 2 fully saturated rings. The van der Waals surface area contributed by atoms with Gasteiger partial charge in [0.2, 0.25) is 11.8 Å². The number of aryl methyl sites for hydroxylation is 1. The summed E-state index contributed by atoms with van der Waals surface area (Å²) in [7, 11) is 0. The number of carbonyl (C=O) groups is 2. The van der Waals surface area contributed by atoms with Crippen LogP contribution in [-0.4, -0.2) is 35.8 Å². The second-order valence-corrected chi connectivity index (χ2v) is 5.86. The molecule has 3 rings (SSSR count). The van der Waals surface area contributed by atoms with Gasteiger partial charge in [-0.2, -0.15) is 0 Å². The first-order valence-electron chi connectivity index (χ1n) is 7.90. The number of nitrogens with zero attached hydrogens (tertiary/aromatic N) is 2. The number of carbonyl (C=O) groups excluding carboxylic acids is 2.